The molecule has 0 aromatic carbocycles. The van der Waals surface area contributed by atoms with Crippen molar-refractivity contribution in [1.82, 2.24) is 10.6 Å². The van der Waals surface area contributed by atoms with E-state index in [2.05, 4.69) is 17.6 Å². The zero-order valence-corrected chi connectivity index (χ0v) is 13.6. The van der Waals surface area contributed by atoms with Crippen molar-refractivity contribution in [1.29, 1.82) is 0 Å². The van der Waals surface area contributed by atoms with Crippen molar-refractivity contribution in [3.63, 3.8) is 0 Å². The molecule has 1 amide bonds. The Hall–Kier alpha value is -0.770. The first kappa shape index (κ1) is 17.3. The lowest BCUT2D eigenvalue weighted by Gasteiger charge is -2.26. The van der Waals surface area contributed by atoms with Crippen LogP contribution in [0.4, 0.5) is 4.79 Å². The van der Waals surface area contributed by atoms with Gasteiger partial charge in [0.1, 0.15) is 5.60 Å². The molecule has 0 aliphatic heterocycles. The first-order chi connectivity index (χ1) is 9.37. The van der Waals surface area contributed by atoms with Crippen molar-refractivity contribution >= 4 is 6.09 Å². The Morgan fingerprint density at radius 3 is 2.60 bits per heavy atom. The molecular weight excluding hydrogens is 252 g/mol. The molecule has 2 N–H and O–H groups in total. The Balaban J connectivity index is 1.96. The molecule has 1 aliphatic rings. The molecular formula is C16H32N2O2. The first-order valence-corrected chi connectivity index (χ1v) is 8.04. The summed E-state index contributed by atoms with van der Waals surface area (Å²) in [7, 11) is 0. The van der Waals surface area contributed by atoms with E-state index in [-0.39, 0.29) is 6.09 Å². The molecule has 2 unspecified atom stereocenters. The number of rotatable bonds is 6. The summed E-state index contributed by atoms with van der Waals surface area (Å²) in [6.07, 6.45) is 6.51. The maximum Gasteiger partial charge on any atom is 0.407 e. The average Bonchev–Trinajstić information content (AvgIpc) is 2.31. The first-order valence-electron chi connectivity index (χ1n) is 8.04. The van der Waals surface area contributed by atoms with E-state index >= 15 is 0 Å². The summed E-state index contributed by atoms with van der Waals surface area (Å²) in [5.74, 6) is 1.80. The van der Waals surface area contributed by atoms with Crippen LogP contribution in [-0.2, 0) is 4.74 Å². The lowest BCUT2D eigenvalue weighted by Crippen LogP contribution is -2.36. The van der Waals surface area contributed by atoms with Crippen LogP contribution in [0.25, 0.3) is 0 Å². The molecule has 0 heterocycles. The second-order valence-electron chi connectivity index (χ2n) is 7.11. The van der Waals surface area contributed by atoms with Gasteiger partial charge in [-0.2, -0.15) is 0 Å². The summed E-state index contributed by atoms with van der Waals surface area (Å²) in [5.41, 5.74) is -0.421. The molecule has 0 spiro atoms. The number of ether oxygens (including phenoxy) is 1. The smallest absolute Gasteiger partial charge is 0.407 e. The minimum absolute atomic E-state index is 0.333. The van der Waals surface area contributed by atoms with Crippen LogP contribution in [0.15, 0.2) is 0 Å². The fourth-order valence-corrected chi connectivity index (χ4v) is 2.82. The normalized spacial score (nSPS) is 23.4. The van der Waals surface area contributed by atoms with Crippen LogP contribution < -0.4 is 10.6 Å². The minimum atomic E-state index is -0.421. The molecule has 4 heteroatoms. The number of hydrogen-bond donors (Lipinski definition) is 2. The van der Waals surface area contributed by atoms with Gasteiger partial charge >= 0.3 is 6.09 Å². The molecule has 2 atom stereocenters. The summed E-state index contributed by atoms with van der Waals surface area (Å²) in [4.78, 5) is 11.4. The maximum absolute atomic E-state index is 11.4. The highest BCUT2D eigenvalue weighted by Crippen LogP contribution is 2.30. The second kappa shape index (κ2) is 8.50. The van der Waals surface area contributed by atoms with Gasteiger partial charge in [-0.25, -0.2) is 4.79 Å². The van der Waals surface area contributed by atoms with Gasteiger partial charge in [-0.05, 0) is 52.0 Å². The van der Waals surface area contributed by atoms with Crippen LogP contribution in [0.5, 0.6) is 0 Å². The van der Waals surface area contributed by atoms with Crippen LogP contribution in [0, 0.1) is 11.8 Å². The van der Waals surface area contributed by atoms with Crippen LogP contribution in [0.2, 0.25) is 0 Å². The second-order valence-corrected chi connectivity index (χ2v) is 7.11. The third kappa shape index (κ3) is 8.41. The fourth-order valence-electron chi connectivity index (χ4n) is 2.82. The number of alkyl carbamates (subject to hydrolysis) is 1. The van der Waals surface area contributed by atoms with E-state index < -0.39 is 5.60 Å². The highest BCUT2D eigenvalue weighted by Gasteiger charge is 2.18. The van der Waals surface area contributed by atoms with Crippen molar-refractivity contribution in [3.8, 4) is 0 Å². The van der Waals surface area contributed by atoms with Gasteiger partial charge in [0, 0.05) is 13.1 Å². The minimum Gasteiger partial charge on any atom is -0.444 e. The zero-order chi connectivity index (χ0) is 15.0. The van der Waals surface area contributed by atoms with Crippen LogP contribution >= 0.6 is 0 Å². The molecule has 1 rings (SSSR count). The van der Waals surface area contributed by atoms with Crippen molar-refractivity contribution in [2.45, 2.75) is 65.4 Å². The molecule has 0 bridgehead atoms. The van der Waals surface area contributed by atoms with E-state index in [0.29, 0.717) is 6.54 Å². The Labute approximate surface area is 124 Å². The number of amides is 1. The molecule has 20 heavy (non-hydrogen) atoms. The summed E-state index contributed by atoms with van der Waals surface area (Å²) in [5, 5.41) is 6.16. The molecule has 0 aromatic rings. The third-order valence-corrected chi connectivity index (χ3v) is 3.74. The van der Waals surface area contributed by atoms with E-state index in [1.165, 1.54) is 32.1 Å². The third-order valence-electron chi connectivity index (χ3n) is 3.74. The van der Waals surface area contributed by atoms with Crippen LogP contribution in [0.1, 0.15) is 59.8 Å². The zero-order valence-electron chi connectivity index (χ0n) is 13.6. The average molecular weight is 284 g/mol. The van der Waals surface area contributed by atoms with Gasteiger partial charge < -0.3 is 15.4 Å². The van der Waals surface area contributed by atoms with Crippen LogP contribution in [0.3, 0.4) is 0 Å². The monoisotopic (exact) mass is 284 g/mol. The maximum atomic E-state index is 11.4. The molecule has 118 valence electrons. The lowest BCUT2D eigenvalue weighted by molar-refractivity contribution is 0.0528. The summed E-state index contributed by atoms with van der Waals surface area (Å²) in [6, 6.07) is 0. The number of hydrogen-bond acceptors (Lipinski definition) is 3. The molecule has 0 saturated heterocycles. The lowest BCUT2D eigenvalue weighted by atomic mass is 9.81. The van der Waals surface area contributed by atoms with Gasteiger partial charge in [0.15, 0.2) is 0 Å². The van der Waals surface area contributed by atoms with E-state index in [1.54, 1.807) is 0 Å². The molecule has 4 nitrogen and oxygen atoms in total. The molecule has 1 aliphatic carbocycles. The summed E-state index contributed by atoms with van der Waals surface area (Å²) >= 11 is 0. The number of carbonyl (C=O) groups is 1. The fraction of sp³-hybridized carbons (Fsp3) is 0.938. The summed E-state index contributed by atoms with van der Waals surface area (Å²) < 4.78 is 5.17. The Morgan fingerprint density at radius 1 is 1.20 bits per heavy atom. The van der Waals surface area contributed by atoms with Gasteiger partial charge in [-0.1, -0.05) is 26.2 Å². The van der Waals surface area contributed by atoms with Gasteiger partial charge in [-0.15, -0.1) is 0 Å². The predicted octanol–water partition coefficient (Wildman–Crippen LogP) is 3.32. The standard InChI is InChI=1S/C16H32N2O2/c1-13-6-5-7-14(12-13)8-9-17-10-11-18-15(19)20-16(2,3)4/h13-14,17H,5-12H2,1-4H3,(H,18,19). The van der Waals surface area contributed by atoms with Gasteiger partial charge in [0.2, 0.25) is 0 Å². The van der Waals surface area contributed by atoms with Crippen LogP contribution in [-0.4, -0.2) is 31.3 Å². The Kier molecular flexibility index (Phi) is 7.35. The molecule has 1 fully saturated rings. The van der Waals surface area contributed by atoms with E-state index in [1.807, 2.05) is 20.8 Å². The van der Waals surface area contributed by atoms with Crippen molar-refractivity contribution < 1.29 is 9.53 Å². The van der Waals surface area contributed by atoms with Crippen molar-refractivity contribution in [2.75, 3.05) is 19.6 Å². The number of carbonyl (C=O) groups excluding carboxylic acids is 1. The predicted molar refractivity (Wildman–Crippen MR) is 82.8 cm³/mol. The van der Waals surface area contributed by atoms with Gasteiger partial charge in [0.05, 0.1) is 0 Å². The summed E-state index contributed by atoms with van der Waals surface area (Å²) in [6.45, 7) is 10.5. The number of nitrogens with one attached hydrogen (secondary N) is 2. The Bertz CT molecular complexity index is 287. The highest BCUT2D eigenvalue weighted by molar-refractivity contribution is 5.67. The van der Waals surface area contributed by atoms with E-state index in [9.17, 15) is 4.79 Å². The van der Waals surface area contributed by atoms with Crippen molar-refractivity contribution in [2.24, 2.45) is 11.8 Å². The highest BCUT2D eigenvalue weighted by atomic mass is 16.6. The quantitative estimate of drug-likeness (QED) is 0.736. The topological polar surface area (TPSA) is 50.4 Å². The van der Waals surface area contributed by atoms with Gasteiger partial charge in [-0.3, -0.25) is 0 Å². The largest absolute Gasteiger partial charge is 0.444 e. The molecule has 0 aromatic heterocycles. The van der Waals surface area contributed by atoms with E-state index in [0.717, 1.165) is 24.9 Å². The Morgan fingerprint density at radius 2 is 1.95 bits per heavy atom. The molecule has 1 saturated carbocycles. The van der Waals surface area contributed by atoms with E-state index in [4.69, 9.17) is 4.74 Å². The SMILES string of the molecule is CC1CCCC(CCNCCNC(=O)OC(C)(C)C)C1. The van der Waals surface area contributed by atoms with Crippen molar-refractivity contribution in [3.05, 3.63) is 0 Å². The molecule has 0 radical (unpaired) electrons. The van der Waals surface area contributed by atoms with Gasteiger partial charge in [0.25, 0.3) is 0 Å².